The Morgan fingerprint density at radius 1 is 1.53 bits per heavy atom. The van der Waals surface area contributed by atoms with Crippen LogP contribution >= 0.6 is 12.6 Å². The third kappa shape index (κ3) is 3.37. The highest BCUT2D eigenvalue weighted by Gasteiger charge is 2.18. The molecule has 0 bridgehead atoms. The van der Waals surface area contributed by atoms with Gasteiger partial charge in [-0.2, -0.15) is 12.6 Å². The van der Waals surface area contributed by atoms with Crippen LogP contribution in [0.4, 0.5) is 0 Å². The van der Waals surface area contributed by atoms with Crippen LogP contribution in [0.5, 0.6) is 5.88 Å². The van der Waals surface area contributed by atoms with E-state index in [9.17, 15) is 10.2 Å². The smallest absolute Gasteiger partial charge is 0.213 e. The van der Waals surface area contributed by atoms with Gasteiger partial charge in [-0.1, -0.05) is 0 Å². The van der Waals surface area contributed by atoms with Crippen LogP contribution in [0.3, 0.4) is 0 Å². The molecule has 0 aromatic carbocycles. The third-order valence-electron chi connectivity index (χ3n) is 2.10. The molecule has 0 aliphatic heterocycles. The Morgan fingerprint density at radius 2 is 2.27 bits per heavy atom. The first-order valence-electron chi connectivity index (χ1n) is 4.66. The summed E-state index contributed by atoms with van der Waals surface area (Å²) >= 11 is 4.00. The molecule has 1 heterocycles. The van der Waals surface area contributed by atoms with Gasteiger partial charge in [0.1, 0.15) is 6.10 Å². The number of hydrogen-bond acceptors (Lipinski definition) is 5. The summed E-state index contributed by atoms with van der Waals surface area (Å²) < 4.78 is 4.93. The molecule has 1 rings (SSSR count). The lowest BCUT2D eigenvalue weighted by Crippen LogP contribution is -2.18. The van der Waals surface area contributed by atoms with Crippen LogP contribution in [-0.2, 0) is 0 Å². The summed E-state index contributed by atoms with van der Waals surface area (Å²) in [6.07, 6.45) is 0.239. The second-order valence-electron chi connectivity index (χ2n) is 3.16. The number of rotatable bonds is 5. The summed E-state index contributed by atoms with van der Waals surface area (Å²) in [7, 11) is 1.50. The van der Waals surface area contributed by atoms with Crippen LogP contribution in [0.25, 0.3) is 0 Å². The Morgan fingerprint density at radius 3 is 2.87 bits per heavy atom. The number of nitrogens with zero attached hydrogens (tertiary/aromatic N) is 1. The van der Waals surface area contributed by atoms with Crippen molar-refractivity contribution in [3.05, 3.63) is 23.9 Å². The molecule has 0 aliphatic rings. The summed E-state index contributed by atoms with van der Waals surface area (Å²) in [6, 6.07) is 3.25. The molecule has 1 aromatic rings. The second-order valence-corrected chi connectivity index (χ2v) is 3.60. The number of aromatic nitrogens is 1. The molecule has 84 valence electrons. The Labute approximate surface area is 94.3 Å². The topological polar surface area (TPSA) is 62.6 Å². The monoisotopic (exact) mass is 229 g/mol. The zero-order valence-corrected chi connectivity index (χ0v) is 9.39. The molecule has 0 saturated heterocycles. The minimum absolute atomic E-state index is 0.421. The SMILES string of the molecule is COc1cc(C(O)C(O)CCS)ccn1. The van der Waals surface area contributed by atoms with E-state index in [1.54, 1.807) is 12.1 Å². The van der Waals surface area contributed by atoms with Crippen molar-refractivity contribution in [1.29, 1.82) is 0 Å². The van der Waals surface area contributed by atoms with E-state index in [1.165, 1.54) is 13.3 Å². The molecule has 0 saturated carbocycles. The molecule has 2 atom stereocenters. The summed E-state index contributed by atoms with van der Waals surface area (Å²) in [5, 5.41) is 19.3. The summed E-state index contributed by atoms with van der Waals surface area (Å²) in [5.41, 5.74) is 0.594. The Kier molecular flexibility index (Phi) is 4.87. The van der Waals surface area contributed by atoms with Crippen LogP contribution < -0.4 is 4.74 Å². The number of hydrogen-bond donors (Lipinski definition) is 3. The van der Waals surface area contributed by atoms with Crippen molar-refractivity contribution in [1.82, 2.24) is 4.98 Å². The lowest BCUT2D eigenvalue weighted by atomic mass is 10.0. The summed E-state index contributed by atoms with van der Waals surface area (Å²) in [4.78, 5) is 3.92. The van der Waals surface area contributed by atoms with Crippen molar-refractivity contribution in [2.45, 2.75) is 18.6 Å². The van der Waals surface area contributed by atoms with Crippen molar-refractivity contribution in [3.8, 4) is 5.88 Å². The Hall–Kier alpha value is -0.780. The van der Waals surface area contributed by atoms with E-state index in [1.807, 2.05) is 0 Å². The minimum Gasteiger partial charge on any atom is -0.481 e. The van der Waals surface area contributed by atoms with E-state index in [0.29, 0.717) is 23.6 Å². The highest BCUT2D eigenvalue weighted by Crippen LogP contribution is 2.21. The number of ether oxygens (including phenoxy) is 1. The van der Waals surface area contributed by atoms with Gasteiger partial charge >= 0.3 is 0 Å². The second kappa shape index (κ2) is 5.95. The van der Waals surface area contributed by atoms with E-state index >= 15 is 0 Å². The van der Waals surface area contributed by atoms with E-state index < -0.39 is 12.2 Å². The van der Waals surface area contributed by atoms with Gasteiger partial charge in [0.2, 0.25) is 5.88 Å². The predicted octanol–water partition coefficient (Wildman–Crippen LogP) is 0.804. The average Bonchev–Trinajstić information content (AvgIpc) is 2.28. The maximum absolute atomic E-state index is 9.77. The lowest BCUT2D eigenvalue weighted by Gasteiger charge is -2.17. The lowest BCUT2D eigenvalue weighted by molar-refractivity contribution is 0.0171. The molecule has 0 amide bonds. The molecule has 15 heavy (non-hydrogen) atoms. The summed E-state index contributed by atoms with van der Waals surface area (Å²) in [5.74, 6) is 0.949. The molecule has 0 aliphatic carbocycles. The predicted molar refractivity (Wildman–Crippen MR) is 60.2 cm³/mol. The number of methoxy groups -OCH3 is 1. The number of aliphatic hydroxyl groups is 2. The van der Waals surface area contributed by atoms with Crippen LogP contribution in [-0.4, -0.2) is 34.2 Å². The third-order valence-corrected chi connectivity index (χ3v) is 2.36. The van der Waals surface area contributed by atoms with E-state index in [0.717, 1.165) is 0 Å². The fourth-order valence-electron chi connectivity index (χ4n) is 1.23. The molecular weight excluding hydrogens is 214 g/mol. The largest absolute Gasteiger partial charge is 0.481 e. The maximum atomic E-state index is 9.77. The zero-order valence-electron chi connectivity index (χ0n) is 8.50. The van der Waals surface area contributed by atoms with Crippen LogP contribution in [0.1, 0.15) is 18.1 Å². The molecule has 4 nitrogen and oxygen atoms in total. The van der Waals surface area contributed by atoms with Gasteiger partial charge in [-0.05, 0) is 23.8 Å². The van der Waals surface area contributed by atoms with E-state index in [-0.39, 0.29) is 0 Å². The van der Waals surface area contributed by atoms with Gasteiger partial charge in [-0.3, -0.25) is 0 Å². The normalized spacial score (nSPS) is 14.7. The van der Waals surface area contributed by atoms with E-state index in [2.05, 4.69) is 17.6 Å². The molecule has 2 unspecified atom stereocenters. The number of thiol groups is 1. The average molecular weight is 229 g/mol. The van der Waals surface area contributed by atoms with Gasteiger partial charge in [-0.15, -0.1) is 0 Å². The van der Waals surface area contributed by atoms with Gasteiger partial charge in [0.15, 0.2) is 0 Å². The Balaban J connectivity index is 2.76. The fraction of sp³-hybridized carbons (Fsp3) is 0.500. The van der Waals surface area contributed by atoms with Crippen LogP contribution in [0, 0.1) is 0 Å². The van der Waals surface area contributed by atoms with Crippen LogP contribution in [0.15, 0.2) is 18.3 Å². The van der Waals surface area contributed by atoms with Gasteiger partial charge in [0, 0.05) is 12.3 Å². The molecule has 5 heteroatoms. The highest BCUT2D eigenvalue weighted by atomic mass is 32.1. The van der Waals surface area contributed by atoms with E-state index in [4.69, 9.17) is 4.74 Å². The van der Waals surface area contributed by atoms with Crippen molar-refractivity contribution in [2.75, 3.05) is 12.9 Å². The molecule has 0 spiro atoms. The molecule has 0 radical (unpaired) electrons. The Bertz CT molecular complexity index is 308. The van der Waals surface area contributed by atoms with Gasteiger partial charge in [0.25, 0.3) is 0 Å². The summed E-state index contributed by atoms with van der Waals surface area (Å²) in [6.45, 7) is 0. The minimum atomic E-state index is -0.922. The van der Waals surface area contributed by atoms with Crippen molar-refractivity contribution < 1.29 is 14.9 Å². The van der Waals surface area contributed by atoms with Crippen molar-refractivity contribution >= 4 is 12.6 Å². The first-order chi connectivity index (χ1) is 7.19. The van der Waals surface area contributed by atoms with Gasteiger partial charge in [-0.25, -0.2) is 4.98 Å². The maximum Gasteiger partial charge on any atom is 0.213 e. The molecule has 1 aromatic heterocycles. The first-order valence-corrected chi connectivity index (χ1v) is 5.29. The fourth-order valence-corrected chi connectivity index (χ4v) is 1.50. The number of aliphatic hydroxyl groups excluding tert-OH is 2. The molecular formula is C10H15NO3S. The molecule has 2 N–H and O–H groups in total. The first kappa shape index (κ1) is 12.3. The standard InChI is InChI=1S/C10H15NO3S/c1-14-9-6-7(2-4-11-9)10(13)8(12)3-5-15/h2,4,6,8,10,12-13,15H,3,5H2,1H3. The molecule has 0 fully saturated rings. The quantitative estimate of drug-likeness (QED) is 0.654. The van der Waals surface area contributed by atoms with Gasteiger partial charge < -0.3 is 14.9 Å². The van der Waals surface area contributed by atoms with Gasteiger partial charge in [0.05, 0.1) is 13.2 Å². The van der Waals surface area contributed by atoms with Crippen LogP contribution in [0.2, 0.25) is 0 Å². The van der Waals surface area contributed by atoms with Crippen molar-refractivity contribution in [3.63, 3.8) is 0 Å². The zero-order chi connectivity index (χ0) is 11.3. The van der Waals surface area contributed by atoms with Crippen molar-refractivity contribution in [2.24, 2.45) is 0 Å². The number of pyridine rings is 1. The highest BCUT2D eigenvalue weighted by molar-refractivity contribution is 7.80.